The molecule has 0 saturated carbocycles. The molecule has 6 nitrogen and oxygen atoms in total. The van der Waals surface area contributed by atoms with Crippen molar-refractivity contribution in [3.63, 3.8) is 0 Å². The standard InChI is InChI=1S/C14H12ClFN2O4S/c1-8-5-11(18(19)20)7-14(9(8)2)23(21,22)17-13-4-3-10(16)6-12(13)15/h3-7,17H,1-2H3. The van der Waals surface area contributed by atoms with Crippen LogP contribution in [-0.4, -0.2) is 13.3 Å². The second-order valence-electron chi connectivity index (χ2n) is 4.87. The smallest absolute Gasteiger partial charge is 0.271 e. The van der Waals surface area contributed by atoms with E-state index in [0.717, 1.165) is 18.2 Å². The van der Waals surface area contributed by atoms with E-state index in [9.17, 15) is 22.9 Å². The van der Waals surface area contributed by atoms with Crippen LogP contribution in [0.4, 0.5) is 15.8 Å². The number of anilines is 1. The van der Waals surface area contributed by atoms with Gasteiger partial charge in [0.1, 0.15) is 5.82 Å². The van der Waals surface area contributed by atoms with Gasteiger partial charge >= 0.3 is 0 Å². The number of nitro benzene ring substituents is 1. The van der Waals surface area contributed by atoms with Gasteiger partial charge < -0.3 is 0 Å². The monoisotopic (exact) mass is 358 g/mol. The summed E-state index contributed by atoms with van der Waals surface area (Å²) in [5.74, 6) is -0.611. The van der Waals surface area contributed by atoms with Gasteiger partial charge in [-0.15, -0.1) is 0 Å². The van der Waals surface area contributed by atoms with Gasteiger partial charge in [0.2, 0.25) is 0 Å². The second-order valence-corrected chi connectivity index (χ2v) is 6.93. The van der Waals surface area contributed by atoms with E-state index in [1.807, 2.05) is 0 Å². The van der Waals surface area contributed by atoms with E-state index in [-0.39, 0.29) is 21.3 Å². The number of aryl methyl sites for hydroxylation is 1. The minimum Gasteiger partial charge on any atom is -0.278 e. The van der Waals surface area contributed by atoms with Crippen LogP contribution in [0, 0.1) is 29.8 Å². The van der Waals surface area contributed by atoms with Gasteiger partial charge in [-0.05, 0) is 43.2 Å². The van der Waals surface area contributed by atoms with E-state index in [4.69, 9.17) is 11.6 Å². The quantitative estimate of drug-likeness (QED) is 0.664. The summed E-state index contributed by atoms with van der Waals surface area (Å²) in [5.41, 5.74) is 0.487. The molecule has 0 fully saturated rings. The number of nitrogens with one attached hydrogen (secondary N) is 1. The van der Waals surface area contributed by atoms with E-state index >= 15 is 0 Å². The number of hydrogen-bond donors (Lipinski definition) is 1. The highest BCUT2D eigenvalue weighted by Crippen LogP contribution is 2.29. The van der Waals surface area contributed by atoms with Crippen LogP contribution >= 0.6 is 11.6 Å². The van der Waals surface area contributed by atoms with Crippen LogP contribution in [0.2, 0.25) is 5.02 Å². The van der Waals surface area contributed by atoms with Crippen molar-refractivity contribution in [3.8, 4) is 0 Å². The molecule has 0 aromatic heterocycles. The molecule has 1 N–H and O–H groups in total. The van der Waals surface area contributed by atoms with Crippen LogP contribution in [-0.2, 0) is 10.0 Å². The lowest BCUT2D eigenvalue weighted by atomic mass is 10.1. The molecule has 9 heteroatoms. The Morgan fingerprint density at radius 2 is 1.87 bits per heavy atom. The predicted molar refractivity (Wildman–Crippen MR) is 84.8 cm³/mol. The first-order valence-corrected chi connectivity index (χ1v) is 8.21. The average molecular weight is 359 g/mol. The minimum absolute atomic E-state index is 0.0170. The molecule has 2 aromatic carbocycles. The first-order valence-electron chi connectivity index (χ1n) is 6.35. The molecule has 0 aliphatic heterocycles. The lowest BCUT2D eigenvalue weighted by molar-refractivity contribution is -0.385. The second kappa shape index (κ2) is 6.13. The third-order valence-electron chi connectivity index (χ3n) is 3.28. The highest BCUT2D eigenvalue weighted by molar-refractivity contribution is 7.92. The number of halogens is 2. The minimum atomic E-state index is -4.12. The summed E-state index contributed by atoms with van der Waals surface area (Å²) >= 11 is 5.80. The summed E-state index contributed by atoms with van der Waals surface area (Å²) in [6.07, 6.45) is 0. The van der Waals surface area contributed by atoms with Gasteiger partial charge in [-0.1, -0.05) is 11.6 Å². The lowest BCUT2D eigenvalue weighted by Gasteiger charge is -2.13. The van der Waals surface area contributed by atoms with E-state index in [1.54, 1.807) is 13.8 Å². The molecule has 0 atom stereocenters. The van der Waals surface area contributed by atoms with Crippen LogP contribution in [0.5, 0.6) is 0 Å². The zero-order chi connectivity index (χ0) is 17.4. The Morgan fingerprint density at radius 1 is 1.22 bits per heavy atom. The summed E-state index contributed by atoms with van der Waals surface area (Å²) in [5, 5.41) is 10.8. The van der Waals surface area contributed by atoms with E-state index in [0.29, 0.717) is 11.1 Å². The first kappa shape index (κ1) is 17.2. The molecule has 2 rings (SSSR count). The lowest BCUT2D eigenvalue weighted by Crippen LogP contribution is -2.15. The third kappa shape index (κ3) is 3.59. The van der Waals surface area contributed by atoms with Crippen molar-refractivity contribution >= 4 is 33.0 Å². The predicted octanol–water partition coefficient (Wildman–Crippen LogP) is 3.80. The summed E-state index contributed by atoms with van der Waals surface area (Å²) < 4.78 is 40.2. The maximum atomic E-state index is 13.0. The van der Waals surface area contributed by atoms with Crippen molar-refractivity contribution < 1.29 is 17.7 Å². The number of sulfonamides is 1. The summed E-state index contributed by atoms with van der Waals surface area (Å²) in [6, 6.07) is 5.45. The van der Waals surface area contributed by atoms with Crippen molar-refractivity contribution in [3.05, 3.63) is 62.4 Å². The van der Waals surface area contributed by atoms with Crippen molar-refractivity contribution in [2.24, 2.45) is 0 Å². The molecular formula is C14H12ClFN2O4S. The molecule has 2 aromatic rings. The Bertz CT molecular complexity index is 900. The molecule has 0 heterocycles. The molecule has 0 aliphatic carbocycles. The van der Waals surface area contributed by atoms with Gasteiger partial charge in [0.05, 0.1) is 20.5 Å². The van der Waals surface area contributed by atoms with Crippen LogP contribution in [0.1, 0.15) is 11.1 Å². The summed E-state index contributed by atoms with van der Waals surface area (Å²) in [4.78, 5) is 10.0. The first-order chi connectivity index (χ1) is 10.6. The molecular weight excluding hydrogens is 347 g/mol. The molecule has 0 saturated heterocycles. The molecule has 23 heavy (non-hydrogen) atoms. The molecule has 0 amide bonds. The maximum absolute atomic E-state index is 13.0. The van der Waals surface area contributed by atoms with Crippen LogP contribution < -0.4 is 4.72 Å². The summed E-state index contributed by atoms with van der Waals surface area (Å²) in [7, 11) is -4.12. The zero-order valence-corrected chi connectivity index (χ0v) is 13.7. The van der Waals surface area contributed by atoms with Gasteiger partial charge in [0, 0.05) is 12.1 Å². The SMILES string of the molecule is Cc1cc([N+](=O)[O-])cc(S(=O)(=O)Nc2ccc(F)cc2Cl)c1C. The zero-order valence-electron chi connectivity index (χ0n) is 12.1. The Balaban J connectivity index is 2.53. The highest BCUT2D eigenvalue weighted by Gasteiger charge is 2.23. The number of nitro groups is 1. The number of rotatable bonds is 4. The Kier molecular flexibility index (Phi) is 4.58. The van der Waals surface area contributed by atoms with Gasteiger partial charge in [0.15, 0.2) is 0 Å². The van der Waals surface area contributed by atoms with E-state index < -0.39 is 20.8 Å². The topological polar surface area (TPSA) is 89.3 Å². The fraction of sp³-hybridized carbons (Fsp3) is 0.143. The maximum Gasteiger partial charge on any atom is 0.271 e. The third-order valence-corrected chi connectivity index (χ3v) is 5.08. The molecule has 122 valence electrons. The largest absolute Gasteiger partial charge is 0.278 e. The molecule has 0 unspecified atom stereocenters. The van der Waals surface area contributed by atoms with Gasteiger partial charge in [0.25, 0.3) is 15.7 Å². The van der Waals surface area contributed by atoms with Crippen molar-refractivity contribution in [1.29, 1.82) is 0 Å². The van der Waals surface area contributed by atoms with Gasteiger partial charge in [-0.3, -0.25) is 14.8 Å². The van der Waals surface area contributed by atoms with Gasteiger partial charge in [-0.2, -0.15) is 0 Å². The fourth-order valence-corrected chi connectivity index (χ4v) is 3.65. The number of nitrogens with zero attached hydrogens (tertiary/aromatic N) is 1. The molecule has 0 spiro atoms. The number of benzene rings is 2. The van der Waals surface area contributed by atoms with Crippen molar-refractivity contribution in [2.45, 2.75) is 18.7 Å². The van der Waals surface area contributed by atoms with Crippen molar-refractivity contribution in [1.82, 2.24) is 0 Å². The van der Waals surface area contributed by atoms with E-state index in [1.165, 1.54) is 12.1 Å². The Morgan fingerprint density at radius 3 is 2.43 bits per heavy atom. The van der Waals surface area contributed by atoms with Crippen LogP contribution in [0.3, 0.4) is 0 Å². The molecule has 0 aliphatic rings. The summed E-state index contributed by atoms with van der Waals surface area (Å²) in [6.45, 7) is 3.12. The normalized spacial score (nSPS) is 11.3. The Labute approximate surface area is 137 Å². The molecule has 0 bridgehead atoms. The molecule has 0 radical (unpaired) electrons. The number of non-ortho nitro benzene ring substituents is 1. The average Bonchev–Trinajstić information content (AvgIpc) is 2.44. The van der Waals surface area contributed by atoms with Crippen LogP contribution in [0.15, 0.2) is 35.2 Å². The Hall–Kier alpha value is -2.19. The van der Waals surface area contributed by atoms with Crippen LogP contribution in [0.25, 0.3) is 0 Å². The fourth-order valence-electron chi connectivity index (χ4n) is 1.97. The van der Waals surface area contributed by atoms with Gasteiger partial charge in [-0.25, -0.2) is 12.8 Å². The van der Waals surface area contributed by atoms with Crippen molar-refractivity contribution in [2.75, 3.05) is 4.72 Å². The highest BCUT2D eigenvalue weighted by atomic mass is 35.5. The van der Waals surface area contributed by atoms with E-state index in [2.05, 4.69) is 4.72 Å². The number of hydrogen-bond acceptors (Lipinski definition) is 4.